The fraction of sp³-hybridized carbons (Fsp3) is 0.429. The smallest absolute Gasteiger partial charge is 0.250 e. The van der Waals surface area contributed by atoms with Crippen molar-refractivity contribution in [3.05, 3.63) is 53.6 Å². The molecule has 0 atom stereocenters. The van der Waals surface area contributed by atoms with E-state index < -0.39 is 0 Å². The summed E-state index contributed by atoms with van der Waals surface area (Å²) in [5.74, 6) is 0.952. The molecule has 1 aromatic heterocycles. The molecule has 0 radical (unpaired) electrons. The lowest BCUT2D eigenvalue weighted by Gasteiger charge is -2.28. The summed E-state index contributed by atoms with van der Waals surface area (Å²) >= 11 is 0. The molecule has 5 nitrogen and oxygen atoms in total. The third kappa shape index (κ3) is 4.54. The van der Waals surface area contributed by atoms with Crippen molar-refractivity contribution in [3.8, 4) is 5.75 Å². The van der Waals surface area contributed by atoms with Crippen molar-refractivity contribution in [2.75, 3.05) is 13.7 Å². The summed E-state index contributed by atoms with van der Waals surface area (Å²) in [5.41, 5.74) is 2.84. The number of ether oxygens (including phenoxy) is 1. The van der Waals surface area contributed by atoms with E-state index in [1.54, 1.807) is 7.11 Å². The zero-order valence-corrected chi connectivity index (χ0v) is 15.6. The first-order valence-electron chi connectivity index (χ1n) is 9.34. The maximum atomic E-state index is 12.8. The van der Waals surface area contributed by atoms with Gasteiger partial charge in [-0.05, 0) is 43.0 Å². The number of aryl methyl sites for hydroxylation is 1. The second-order valence-electron chi connectivity index (χ2n) is 6.74. The molecule has 2 aromatic rings. The first-order valence-corrected chi connectivity index (χ1v) is 9.34. The normalized spacial score (nSPS) is 16.3. The van der Waals surface area contributed by atoms with Crippen LogP contribution in [-0.4, -0.2) is 34.0 Å². The lowest BCUT2D eigenvalue weighted by atomic mass is 10.0. The van der Waals surface area contributed by atoms with E-state index in [-0.39, 0.29) is 5.91 Å². The van der Waals surface area contributed by atoms with Gasteiger partial charge in [0.15, 0.2) is 0 Å². The Morgan fingerprint density at radius 3 is 2.81 bits per heavy atom. The standard InChI is InChI=1S/C21H27N3O2/c1-3-4-11-23-15-19(22-16-23)13-18-6-5-12-24(21(18)25)14-17-7-9-20(26-2)10-8-17/h7-10,13,15-16H,3-6,11-12,14H2,1-2H3/b18-13+. The molecule has 2 heterocycles. The van der Waals surface area contributed by atoms with E-state index >= 15 is 0 Å². The number of rotatable bonds is 7. The Kier molecular flexibility index (Phi) is 6.10. The summed E-state index contributed by atoms with van der Waals surface area (Å²) in [5, 5.41) is 0. The number of benzene rings is 1. The lowest BCUT2D eigenvalue weighted by molar-refractivity contribution is -0.129. The van der Waals surface area contributed by atoms with Crippen molar-refractivity contribution in [2.24, 2.45) is 0 Å². The van der Waals surface area contributed by atoms with Gasteiger partial charge in [0, 0.05) is 31.4 Å². The molecule has 5 heteroatoms. The quantitative estimate of drug-likeness (QED) is 0.709. The Labute approximate surface area is 155 Å². The molecule has 1 aliphatic heterocycles. The highest BCUT2D eigenvalue weighted by atomic mass is 16.5. The van der Waals surface area contributed by atoms with Gasteiger partial charge >= 0.3 is 0 Å². The molecule has 0 spiro atoms. The maximum Gasteiger partial charge on any atom is 0.250 e. The number of aromatic nitrogens is 2. The first kappa shape index (κ1) is 18.2. The van der Waals surface area contributed by atoms with E-state index in [1.165, 1.54) is 0 Å². The van der Waals surface area contributed by atoms with Crippen LogP contribution in [0.5, 0.6) is 5.75 Å². The number of piperidine rings is 1. The van der Waals surface area contributed by atoms with E-state index in [0.717, 1.165) is 61.4 Å². The van der Waals surface area contributed by atoms with Gasteiger partial charge in [0.05, 0.1) is 19.1 Å². The number of amides is 1. The SMILES string of the molecule is CCCCn1cnc(/C=C2\CCCN(Cc3ccc(OC)cc3)C2=O)c1. The second-order valence-corrected chi connectivity index (χ2v) is 6.74. The van der Waals surface area contributed by atoms with Gasteiger partial charge in [-0.15, -0.1) is 0 Å². The summed E-state index contributed by atoms with van der Waals surface area (Å²) in [6, 6.07) is 7.89. The van der Waals surface area contributed by atoms with Gasteiger partial charge in [-0.1, -0.05) is 25.5 Å². The molecule has 1 saturated heterocycles. The lowest BCUT2D eigenvalue weighted by Crippen LogP contribution is -2.36. The van der Waals surface area contributed by atoms with Crippen LogP contribution in [0.3, 0.4) is 0 Å². The van der Waals surface area contributed by atoms with Gasteiger partial charge in [-0.3, -0.25) is 4.79 Å². The van der Waals surface area contributed by atoms with Crippen LogP contribution in [0.2, 0.25) is 0 Å². The van der Waals surface area contributed by atoms with Gasteiger partial charge in [-0.2, -0.15) is 0 Å². The van der Waals surface area contributed by atoms with Crippen LogP contribution in [-0.2, 0) is 17.9 Å². The van der Waals surface area contributed by atoms with Crippen molar-refractivity contribution >= 4 is 12.0 Å². The molecule has 3 rings (SSSR count). The largest absolute Gasteiger partial charge is 0.497 e. The predicted molar refractivity (Wildman–Crippen MR) is 103 cm³/mol. The molecular weight excluding hydrogens is 326 g/mol. The fourth-order valence-electron chi connectivity index (χ4n) is 3.20. The highest BCUT2D eigenvalue weighted by Gasteiger charge is 2.23. The number of unbranched alkanes of at least 4 members (excludes halogenated alkanes) is 1. The molecule has 26 heavy (non-hydrogen) atoms. The van der Waals surface area contributed by atoms with Gasteiger partial charge in [0.1, 0.15) is 5.75 Å². The average Bonchev–Trinajstić information content (AvgIpc) is 3.11. The van der Waals surface area contributed by atoms with Gasteiger partial charge in [0.25, 0.3) is 0 Å². The Hall–Kier alpha value is -2.56. The number of nitrogens with zero attached hydrogens (tertiary/aromatic N) is 3. The highest BCUT2D eigenvalue weighted by molar-refractivity contribution is 5.98. The molecular formula is C21H27N3O2. The number of hydrogen-bond donors (Lipinski definition) is 0. The van der Waals surface area contributed by atoms with Crippen LogP contribution >= 0.6 is 0 Å². The molecule has 0 saturated carbocycles. The van der Waals surface area contributed by atoms with Gasteiger partial charge < -0.3 is 14.2 Å². The summed E-state index contributed by atoms with van der Waals surface area (Å²) in [6.45, 7) is 4.58. The van der Waals surface area contributed by atoms with Crippen LogP contribution in [0.25, 0.3) is 6.08 Å². The average molecular weight is 353 g/mol. The number of carbonyl (C=O) groups is 1. The van der Waals surface area contributed by atoms with Crippen molar-refractivity contribution in [3.63, 3.8) is 0 Å². The molecule has 0 aliphatic carbocycles. The second kappa shape index (κ2) is 8.70. The third-order valence-electron chi connectivity index (χ3n) is 4.71. The van der Waals surface area contributed by atoms with Gasteiger partial charge in [0.2, 0.25) is 5.91 Å². The molecule has 1 amide bonds. The minimum absolute atomic E-state index is 0.121. The number of hydrogen-bond acceptors (Lipinski definition) is 3. The van der Waals surface area contributed by atoms with Crippen LogP contribution in [0, 0.1) is 0 Å². The fourth-order valence-corrected chi connectivity index (χ4v) is 3.20. The van der Waals surface area contributed by atoms with Gasteiger partial charge in [-0.25, -0.2) is 4.98 Å². The van der Waals surface area contributed by atoms with Crippen LogP contribution < -0.4 is 4.74 Å². The Morgan fingerprint density at radius 1 is 1.27 bits per heavy atom. The summed E-state index contributed by atoms with van der Waals surface area (Å²) in [7, 11) is 1.66. The third-order valence-corrected chi connectivity index (χ3v) is 4.71. The molecule has 0 N–H and O–H groups in total. The molecule has 138 valence electrons. The number of methoxy groups -OCH3 is 1. The minimum atomic E-state index is 0.121. The van der Waals surface area contributed by atoms with Crippen LogP contribution in [0.4, 0.5) is 0 Å². The van der Waals surface area contributed by atoms with E-state index in [1.807, 2.05) is 47.8 Å². The van der Waals surface area contributed by atoms with Crippen LogP contribution in [0.15, 0.2) is 42.4 Å². The topological polar surface area (TPSA) is 47.4 Å². The first-order chi connectivity index (χ1) is 12.7. The molecule has 1 aromatic carbocycles. The Bertz CT molecular complexity index is 762. The summed E-state index contributed by atoms with van der Waals surface area (Å²) in [6.07, 6.45) is 9.94. The maximum absolute atomic E-state index is 12.8. The summed E-state index contributed by atoms with van der Waals surface area (Å²) in [4.78, 5) is 19.2. The van der Waals surface area contributed by atoms with E-state index in [4.69, 9.17) is 4.74 Å². The monoisotopic (exact) mass is 353 g/mol. The number of likely N-dealkylation sites (tertiary alicyclic amines) is 1. The van der Waals surface area contributed by atoms with E-state index in [2.05, 4.69) is 16.5 Å². The Morgan fingerprint density at radius 2 is 2.08 bits per heavy atom. The van der Waals surface area contributed by atoms with Crippen molar-refractivity contribution in [1.29, 1.82) is 0 Å². The van der Waals surface area contributed by atoms with Crippen LogP contribution in [0.1, 0.15) is 43.9 Å². The number of imidazole rings is 1. The van der Waals surface area contributed by atoms with Crippen molar-refractivity contribution in [2.45, 2.75) is 45.7 Å². The van der Waals surface area contributed by atoms with E-state index in [9.17, 15) is 4.79 Å². The number of carbonyl (C=O) groups excluding carboxylic acids is 1. The van der Waals surface area contributed by atoms with Crippen molar-refractivity contribution < 1.29 is 9.53 Å². The molecule has 1 fully saturated rings. The molecule has 0 unspecified atom stereocenters. The molecule has 1 aliphatic rings. The zero-order chi connectivity index (χ0) is 18.4. The predicted octanol–water partition coefficient (Wildman–Crippen LogP) is 3.90. The zero-order valence-electron chi connectivity index (χ0n) is 15.6. The summed E-state index contributed by atoms with van der Waals surface area (Å²) < 4.78 is 7.29. The Balaban J connectivity index is 1.67. The van der Waals surface area contributed by atoms with Crippen molar-refractivity contribution in [1.82, 2.24) is 14.5 Å². The van der Waals surface area contributed by atoms with E-state index in [0.29, 0.717) is 6.54 Å². The molecule has 0 bridgehead atoms. The highest BCUT2D eigenvalue weighted by Crippen LogP contribution is 2.22. The minimum Gasteiger partial charge on any atom is -0.497 e.